The number of nitrogens with one attached hydrogen (secondary N) is 1. The summed E-state index contributed by atoms with van der Waals surface area (Å²) in [5, 5.41) is 15.4. The first-order chi connectivity index (χ1) is 11.7. The number of aliphatic hydroxyl groups is 1. The molecule has 0 aliphatic carbocycles. The third-order valence-electron chi connectivity index (χ3n) is 4.16. The minimum absolute atomic E-state index is 0.142. The fourth-order valence-corrected chi connectivity index (χ4v) is 3.47. The molecule has 3 rings (SSSR count). The fourth-order valence-electron chi connectivity index (χ4n) is 2.65. The number of hydrogen-bond donors (Lipinski definition) is 2. The Morgan fingerprint density at radius 1 is 1.42 bits per heavy atom. The summed E-state index contributed by atoms with van der Waals surface area (Å²) in [5.74, 6) is 0.710. The Morgan fingerprint density at radius 3 is 2.83 bits per heavy atom. The van der Waals surface area contributed by atoms with E-state index in [-0.39, 0.29) is 12.0 Å². The molecular formula is C17H22N4O2S. The van der Waals surface area contributed by atoms with Crippen LogP contribution in [0.4, 0.5) is 5.82 Å². The first-order valence-electron chi connectivity index (χ1n) is 8.26. The van der Waals surface area contributed by atoms with Gasteiger partial charge in [-0.2, -0.15) is 0 Å². The molecule has 128 valence electrons. The lowest BCUT2D eigenvalue weighted by Crippen LogP contribution is -2.36. The Bertz CT molecular complexity index is 678. The molecule has 2 aromatic heterocycles. The van der Waals surface area contributed by atoms with E-state index in [1.165, 1.54) is 0 Å². The van der Waals surface area contributed by atoms with Crippen molar-refractivity contribution in [3.8, 4) is 0 Å². The van der Waals surface area contributed by atoms with Gasteiger partial charge in [-0.3, -0.25) is 4.79 Å². The molecule has 0 atom stereocenters. The predicted octanol–water partition coefficient (Wildman–Crippen LogP) is 1.99. The van der Waals surface area contributed by atoms with Crippen LogP contribution in [0.1, 0.15) is 40.8 Å². The summed E-state index contributed by atoms with van der Waals surface area (Å²) in [6, 6.07) is 3.66. The summed E-state index contributed by atoms with van der Waals surface area (Å²) in [6.07, 6.45) is 3.83. The smallest absolute Gasteiger partial charge is 0.253 e. The van der Waals surface area contributed by atoms with Crippen LogP contribution in [0.15, 0.2) is 23.7 Å². The Morgan fingerprint density at radius 2 is 2.21 bits per heavy atom. The van der Waals surface area contributed by atoms with Gasteiger partial charge in [-0.25, -0.2) is 9.97 Å². The van der Waals surface area contributed by atoms with Crippen LogP contribution in [0.2, 0.25) is 0 Å². The molecular weight excluding hydrogens is 324 g/mol. The van der Waals surface area contributed by atoms with E-state index in [9.17, 15) is 9.90 Å². The van der Waals surface area contributed by atoms with Crippen LogP contribution >= 0.6 is 11.3 Å². The van der Waals surface area contributed by atoms with Crippen molar-refractivity contribution in [1.29, 1.82) is 0 Å². The van der Waals surface area contributed by atoms with Crippen LogP contribution in [0, 0.1) is 0 Å². The Hall–Kier alpha value is -1.99. The second kappa shape index (κ2) is 7.72. The molecule has 1 saturated heterocycles. The molecule has 0 saturated carbocycles. The summed E-state index contributed by atoms with van der Waals surface area (Å²) >= 11 is 1.56. The standard InChI is InChI=1S/C17H22N4O2S/c1-2-13-11-24-16(20-13)10-19-17(23)12-3-4-15(18-9-12)21-7-5-14(22)6-8-21/h3-4,9,11,14,22H,2,5-8,10H2,1H3,(H,19,23). The number of thiazole rings is 1. The van der Waals surface area contributed by atoms with E-state index < -0.39 is 0 Å². The highest BCUT2D eigenvalue weighted by molar-refractivity contribution is 7.09. The van der Waals surface area contributed by atoms with Gasteiger partial charge in [0.25, 0.3) is 5.91 Å². The molecule has 0 bridgehead atoms. The maximum atomic E-state index is 12.2. The lowest BCUT2D eigenvalue weighted by atomic mass is 10.1. The van der Waals surface area contributed by atoms with Crippen LogP contribution in [-0.2, 0) is 13.0 Å². The number of aryl methyl sites for hydroxylation is 1. The summed E-state index contributed by atoms with van der Waals surface area (Å²) in [6.45, 7) is 4.09. The minimum atomic E-state index is -0.203. The Labute approximate surface area is 145 Å². The molecule has 1 fully saturated rings. The topological polar surface area (TPSA) is 78.4 Å². The van der Waals surface area contributed by atoms with Crippen molar-refractivity contribution in [3.63, 3.8) is 0 Å². The maximum absolute atomic E-state index is 12.2. The van der Waals surface area contributed by atoms with Crippen molar-refractivity contribution in [2.45, 2.75) is 38.8 Å². The van der Waals surface area contributed by atoms with Gasteiger partial charge in [-0.15, -0.1) is 11.3 Å². The zero-order valence-corrected chi connectivity index (χ0v) is 14.6. The van der Waals surface area contributed by atoms with Crippen LogP contribution < -0.4 is 10.2 Å². The number of rotatable bonds is 5. The van der Waals surface area contributed by atoms with Gasteiger partial charge < -0.3 is 15.3 Å². The van der Waals surface area contributed by atoms with Crippen molar-refractivity contribution in [2.24, 2.45) is 0 Å². The molecule has 0 unspecified atom stereocenters. The Balaban J connectivity index is 1.55. The molecule has 3 heterocycles. The SMILES string of the molecule is CCc1csc(CNC(=O)c2ccc(N3CCC(O)CC3)nc2)n1. The number of hydrogen-bond acceptors (Lipinski definition) is 6. The van der Waals surface area contributed by atoms with E-state index in [4.69, 9.17) is 0 Å². The normalized spacial score (nSPS) is 15.5. The van der Waals surface area contributed by atoms with Crippen LogP contribution in [0.5, 0.6) is 0 Å². The van der Waals surface area contributed by atoms with E-state index in [2.05, 4.69) is 27.1 Å². The highest BCUT2D eigenvalue weighted by Crippen LogP contribution is 2.18. The number of piperidine rings is 1. The average molecular weight is 346 g/mol. The number of carbonyl (C=O) groups excluding carboxylic acids is 1. The zero-order valence-electron chi connectivity index (χ0n) is 13.7. The van der Waals surface area contributed by atoms with Crippen molar-refractivity contribution < 1.29 is 9.90 Å². The molecule has 0 spiro atoms. The molecule has 1 aliphatic heterocycles. The molecule has 1 aliphatic rings. The largest absolute Gasteiger partial charge is 0.393 e. The number of carbonyl (C=O) groups is 1. The fraction of sp³-hybridized carbons (Fsp3) is 0.471. The van der Waals surface area contributed by atoms with E-state index in [0.717, 1.165) is 48.9 Å². The van der Waals surface area contributed by atoms with Gasteiger partial charge in [0, 0.05) is 24.7 Å². The summed E-state index contributed by atoms with van der Waals surface area (Å²) in [5.41, 5.74) is 1.60. The number of nitrogens with zero attached hydrogens (tertiary/aromatic N) is 3. The first kappa shape index (κ1) is 16.9. The van der Waals surface area contributed by atoms with Crippen LogP contribution in [-0.4, -0.2) is 40.2 Å². The average Bonchev–Trinajstić information content (AvgIpc) is 3.09. The number of amides is 1. The van der Waals surface area contributed by atoms with Gasteiger partial charge >= 0.3 is 0 Å². The molecule has 0 aromatic carbocycles. The first-order valence-corrected chi connectivity index (χ1v) is 9.14. The maximum Gasteiger partial charge on any atom is 0.253 e. The van der Waals surface area contributed by atoms with E-state index in [1.807, 2.05) is 11.4 Å². The van der Waals surface area contributed by atoms with Gasteiger partial charge in [0.1, 0.15) is 10.8 Å². The van der Waals surface area contributed by atoms with Gasteiger partial charge in [-0.05, 0) is 31.4 Å². The van der Waals surface area contributed by atoms with Crippen molar-refractivity contribution in [1.82, 2.24) is 15.3 Å². The minimum Gasteiger partial charge on any atom is -0.393 e. The van der Waals surface area contributed by atoms with E-state index in [1.54, 1.807) is 23.6 Å². The summed E-state index contributed by atoms with van der Waals surface area (Å²) in [7, 11) is 0. The second-order valence-electron chi connectivity index (χ2n) is 5.89. The quantitative estimate of drug-likeness (QED) is 0.866. The molecule has 2 aromatic rings. The summed E-state index contributed by atoms with van der Waals surface area (Å²) < 4.78 is 0. The van der Waals surface area contributed by atoms with Crippen molar-refractivity contribution >= 4 is 23.1 Å². The lowest BCUT2D eigenvalue weighted by molar-refractivity contribution is 0.0950. The second-order valence-corrected chi connectivity index (χ2v) is 6.83. The molecule has 0 radical (unpaired) electrons. The zero-order chi connectivity index (χ0) is 16.9. The van der Waals surface area contributed by atoms with Gasteiger partial charge in [-0.1, -0.05) is 6.92 Å². The van der Waals surface area contributed by atoms with Gasteiger partial charge in [0.05, 0.1) is 23.9 Å². The molecule has 6 nitrogen and oxygen atoms in total. The van der Waals surface area contributed by atoms with Gasteiger partial charge in [0.2, 0.25) is 0 Å². The highest BCUT2D eigenvalue weighted by Gasteiger charge is 2.18. The molecule has 7 heteroatoms. The van der Waals surface area contributed by atoms with Crippen LogP contribution in [0.25, 0.3) is 0 Å². The predicted molar refractivity (Wildman–Crippen MR) is 94.4 cm³/mol. The lowest BCUT2D eigenvalue weighted by Gasteiger charge is -2.30. The number of aromatic nitrogens is 2. The van der Waals surface area contributed by atoms with E-state index >= 15 is 0 Å². The number of pyridine rings is 1. The Kier molecular flexibility index (Phi) is 5.42. The van der Waals surface area contributed by atoms with Crippen LogP contribution in [0.3, 0.4) is 0 Å². The number of anilines is 1. The monoisotopic (exact) mass is 346 g/mol. The third kappa shape index (κ3) is 4.10. The third-order valence-corrected chi connectivity index (χ3v) is 5.06. The summed E-state index contributed by atoms with van der Waals surface area (Å²) in [4.78, 5) is 23.2. The highest BCUT2D eigenvalue weighted by atomic mass is 32.1. The van der Waals surface area contributed by atoms with E-state index in [0.29, 0.717) is 12.1 Å². The van der Waals surface area contributed by atoms with Crippen molar-refractivity contribution in [2.75, 3.05) is 18.0 Å². The molecule has 2 N–H and O–H groups in total. The number of aliphatic hydroxyl groups excluding tert-OH is 1. The van der Waals surface area contributed by atoms with Crippen molar-refractivity contribution in [3.05, 3.63) is 40.0 Å². The molecule has 1 amide bonds. The molecule has 24 heavy (non-hydrogen) atoms. The van der Waals surface area contributed by atoms with Gasteiger partial charge in [0.15, 0.2) is 0 Å².